The molecule has 2 aromatic rings. The largest absolute Gasteiger partial charge is 0.340 e. The highest BCUT2D eigenvalue weighted by molar-refractivity contribution is 6.30. The van der Waals surface area contributed by atoms with Crippen molar-refractivity contribution in [3.05, 3.63) is 41.3 Å². The van der Waals surface area contributed by atoms with Gasteiger partial charge in [-0.15, -0.1) is 24.8 Å². The lowest BCUT2D eigenvalue weighted by Gasteiger charge is -2.24. The fraction of sp³-hybridized carbons (Fsp3) is 0.500. The number of hydrogen-bond acceptors (Lipinski definition) is 3. The summed E-state index contributed by atoms with van der Waals surface area (Å²) >= 11 is 5.96. The Morgan fingerprint density at radius 1 is 1.21 bits per heavy atom. The Kier molecular flexibility index (Phi) is 8.62. The maximum Gasteiger partial charge on any atom is 0.223 e. The molecule has 1 amide bonds. The molecule has 2 atom stereocenters. The molecule has 0 saturated carbocycles. The van der Waals surface area contributed by atoms with Crippen molar-refractivity contribution < 1.29 is 4.79 Å². The second kappa shape index (κ2) is 10.5. The van der Waals surface area contributed by atoms with Crippen LogP contribution in [0.3, 0.4) is 0 Å². The van der Waals surface area contributed by atoms with Crippen LogP contribution in [0.25, 0.3) is 11.3 Å². The highest BCUT2D eigenvalue weighted by atomic mass is 35.5. The van der Waals surface area contributed by atoms with Gasteiger partial charge in [0, 0.05) is 18.0 Å². The van der Waals surface area contributed by atoms with Gasteiger partial charge >= 0.3 is 0 Å². The van der Waals surface area contributed by atoms with Gasteiger partial charge in [0.05, 0.1) is 17.9 Å². The van der Waals surface area contributed by atoms with E-state index >= 15 is 0 Å². The van der Waals surface area contributed by atoms with Crippen molar-refractivity contribution in [3.63, 3.8) is 0 Å². The normalized spacial score (nSPS) is 21.2. The minimum atomic E-state index is 0. The molecule has 2 aliphatic heterocycles. The summed E-state index contributed by atoms with van der Waals surface area (Å²) in [6, 6.07) is 7.78. The molecule has 28 heavy (non-hydrogen) atoms. The molecule has 2 saturated heterocycles. The van der Waals surface area contributed by atoms with Crippen molar-refractivity contribution in [1.82, 2.24) is 20.2 Å². The molecule has 2 N–H and O–H groups in total. The summed E-state index contributed by atoms with van der Waals surface area (Å²) in [4.78, 5) is 22.8. The third-order valence-electron chi connectivity index (χ3n) is 5.57. The second-order valence-corrected chi connectivity index (χ2v) is 7.77. The highest BCUT2D eigenvalue weighted by Gasteiger charge is 2.32. The summed E-state index contributed by atoms with van der Waals surface area (Å²) < 4.78 is 0. The highest BCUT2D eigenvalue weighted by Crippen LogP contribution is 2.32. The Morgan fingerprint density at radius 2 is 2.00 bits per heavy atom. The summed E-state index contributed by atoms with van der Waals surface area (Å²) in [7, 11) is 0. The van der Waals surface area contributed by atoms with Crippen LogP contribution in [0.1, 0.15) is 44.0 Å². The van der Waals surface area contributed by atoms with Gasteiger partial charge in [-0.25, -0.2) is 4.98 Å². The van der Waals surface area contributed by atoms with Crippen LogP contribution in [0.5, 0.6) is 0 Å². The van der Waals surface area contributed by atoms with Crippen molar-refractivity contribution >= 4 is 42.3 Å². The van der Waals surface area contributed by atoms with E-state index in [2.05, 4.69) is 15.3 Å². The summed E-state index contributed by atoms with van der Waals surface area (Å²) in [6.07, 6.45) is 6.70. The number of nitrogens with zero attached hydrogens (tertiary/aromatic N) is 2. The molecule has 5 nitrogen and oxygen atoms in total. The molecule has 2 aliphatic rings. The third kappa shape index (κ3) is 5.20. The minimum absolute atomic E-state index is 0. The maximum absolute atomic E-state index is 12.7. The number of hydrogen-bond donors (Lipinski definition) is 2. The van der Waals surface area contributed by atoms with Gasteiger partial charge in [0.2, 0.25) is 5.91 Å². The lowest BCUT2D eigenvalue weighted by molar-refractivity contribution is -0.132. The van der Waals surface area contributed by atoms with E-state index < -0.39 is 0 Å². The molecule has 0 bridgehead atoms. The SMILES string of the molecule is Cl.Cl.O=C(CCC1CCNC1)N1CCCC1c1ncc(-c2ccc(Cl)cc2)[nH]1. The quantitative estimate of drug-likeness (QED) is 0.705. The molecule has 154 valence electrons. The molecule has 0 aliphatic carbocycles. The third-order valence-corrected chi connectivity index (χ3v) is 5.82. The number of carbonyl (C=O) groups is 1. The number of rotatable bonds is 5. The fourth-order valence-corrected chi connectivity index (χ4v) is 4.19. The zero-order valence-electron chi connectivity index (χ0n) is 15.7. The summed E-state index contributed by atoms with van der Waals surface area (Å²) in [5.41, 5.74) is 2.02. The molecule has 1 aromatic carbocycles. The average Bonchev–Trinajstić information content (AvgIpc) is 3.40. The molecule has 2 unspecified atom stereocenters. The van der Waals surface area contributed by atoms with Crippen LogP contribution in [0, 0.1) is 5.92 Å². The van der Waals surface area contributed by atoms with Crippen molar-refractivity contribution in [3.8, 4) is 11.3 Å². The molecule has 0 spiro atoms. The first-order valence-corrected chi connectivity index (χ1v) is 9.89. The standard InChI is InChI=1S/C20H25ClN4O.2ClH/c21-16-6-4-15(5-7-16)17-13-23-20(24-17)18-2-1-11-25(18)19(26)8-3-14-9-10-22-12-14;;/h4-7,13-14,18,22H,1-3,8-12H2,(H,23,24);2*1H. The van der Waals surface area contributed by atoms with E-state index in [1.54, 1.807) is 0 Å². The predicted molar refractivity (Wildman–Crippen MR) is 117 cm³/mol. The molecule has 0 radical (unpaired) electrons. The first-order valence-electron chi connectivity index (χ1n) is 9.52. The molecule has 4 rings (SSSR count). The Morgan fingerprint density at radius 3 is 2.71 bits per heavy atom. The Balaban J connectivity index is 0.00000140. The Labute approximate surface area is 183 Å². The number of carbonyl (C=O) groups excluding carboxylic acids is 1. The van der Waals surface area contributed by atoms with Crippen molar-refractivity contribution in [2.75, 3.05) is 19.6 Å². The molecular weight excluding hydrogens is 419 g/mol. The molecule has 2 fully saturated rings. The van der Waals surface area contributed by atoms with Gasteiger partial charge in [-0.2, -0.15) is 0 Å². The monoisotopic (exact) mass is 444 g/mol. The second-order valence-electron chi connectivity index (χ2n) is 7.33. The Bertz CT molecular complexity index is 759. The lowest BCUT2D eigenvalue weighted by atomic mass is 10.0. The van der Waals surface area contributed by atoms with Crippen molar-refractivity contribution in [2.45, 2.75) is 38.1 Å². The minimum Gasteiger partial charge on any atom is -0.340 e. The summed E-state index contributed by atoms with van der Waals surface area (Å²) in [6.45, 7) is 2.98. The van der Waals surface area contributed by atoms with Crippen LogP contribution in [-0.4, -0.2) is 40.4 Å². The number of aromatic nitrogens is 2. The topological polar surface area (TPSA) is 61.0 Å². The lowest BCUT2D eigenvalue weighted by Crippen LogP contribution is -2.31. The fourth-order valence-electron chi connectivity index (χ4n) is 4.06. The average molecular weight is 446 g/mol. The number of H-pyrrole nitrogens is 1. The van der Waals surface area contributed by atoms with Gasteiger partial charge in [-0.05, 0) is 62.4 Å². The maximum atomic E-state index is 12.7. The molecular formula is C20H27Cl3N4O. The zero-order chi connectivity index (χ0) is 17.9. The van der Waals surface area contributed by atoms with Crippen LogP contribution in [-0.2, 0) is 4.79 Å². The Hall–Kier alpha value is -1.27. The van der Waals surface area contributed by atoms with E-state index in [1.165, 1.54) is 6.42 Å². The number of amides is 1. The number of likely N-dealkylation sites (tertiary alicyclic amines) is 1. The van der Waals surface area contributed by atoms with Gasteiger partial charge in [-0.1, -0.05) is 23.7 Å². The summed E-state index contributed by atoms with van der Waals surface area (Å²) in [5, 5.41) is 4.09. The van der Waals surface area contributed by atoms with E-state index in [4.69, 9.17) is 11.6 Å². The van der Waals surface area contributed by atoms with Crippen LogP contribution >= 0.6 is 36.4 Å². The first kappa shape index (κ1) is 23.0. The number of nitrogens with one attached hydrogen (secondary N) is 2. The van der Waals surface area contributed by atoms with E-state index in [9.17, 15) is 4.79 Å². The van der Waals surface area contributed by atoms with Crippen LogP contribution < -0.4 is 5.32 Å². The van der Waals surface area contributed by atoms with E-state index in [1.807, 2.05) is 35.4 Å². The smallest absolute Gasteiger partial charge is 0.223 e. The number of aromatic amines is 1. The molecule has 3 heterocycles. The van der Waals surface area contributed by atoms with Gasteiger partial charge in [-0.3, -0.25) is 4.79 Å². The number of imidazole rings is 1. The van der Waals surface area contributed by atoms with E-state index in [-0.39, 0.29) is 36.8 Å². The van der Waals surface area contributed by atoms with Crippen molar-refractivity contribution in [1.29, 1.82) is 0 Å². The first-order chi connectivity index (χ1) is 12.7. The predicted octanol–water partition coefficient (Wildman–Crippen LogP) is 4.63. The van der Waals surface area contributed by atoms with Crippen LogP contribution in [0.4, 0.5) is 0 Å². The van der Waals surface area contributed by atoms with Gasteiger partial charge in [0.25, 0.3) is 0 Å². The van der Waals surface area contributed by atoms with Crippen molar-refractivity contribution in [2.24, 2.45) is 5.92 Å². The molecule has 8 heteroatoms. The van der Waals surface area contributed by atoms with E-state index in [0.29, 0.717) is 12.3 Å². The molecule has 1 aromatic heterocycles. The number of benzene rings is 1. The van der Waals surface area contributed by atoms with Gasteiger partial charge in [0.15, 0.2) is 0 Å². The van der Waals surface area contributed by atoms with Crippen LogP contribution in [0.15, 0.2) is 30.5 Å². The van der Waals surface area contributed by atoms with E-state index in [0.717, 1.165) is 61.0 Å². The van der Waals surface area contributed by atoms with Crippen LogP contribution in [0.2, 0.25) is 5.02 Å². The zero-order valence-corrected chi connectivity index (χ0v) is 18.1. The summed E-state index contributed by atoms with van der Waals surface area (Å²) in [5.74, 6) is 1.81. The van der Waals surface area contributed by atoms with Gasteiger partial charge < -0.3 is 15.2 Å². The number of halogens is 3. The van der Waals surface area contributed by atoms with Gasteiger partial charge in [0.1, 0.15) is 5.82 Å².